The van der Waals surface area contributed by atoms with Gasteiger partial charge < -0.3 is 19.7 Å². The summed E-state index contributed by atoms with van der Waals surface area (Å²) in [6, 6.07) is 3.24. The van der Waals surface area contributed by atoms with Crippen molar-refractivity contribution < 1.29 is 14.3 Å². The molecule has 3 heterocycles. The van der Waals surface area contributed by atoms with Crippen LogP contribution in [0, 0.1) is 5.41 Å². The average Bonchev–Trinajstić information content (AvgIpc) is 2.92. The second-order valence-electron chi connectivity index (χ2n) is 9.83. The molecule has 1 saturated heterocycles. The summed E-state index contributed by atoms with van der Waals surface area (Å²) >= 11 is 13.4. The van der Waals surface area contributed by atoms with Crippen molar-refractivity contribution in [2.45, 2.75) is 31.7 Å². The lowest BCUT2D eigenvalue weighted by molar-refractivity contribution is -0.130. The number of benzene rings is 1. The molecule has 11 heteroatoms. The van der Waals surface area contributed by atoms with E-state index >= 15 is 0 Å². The largest absolute Gasteiger partial charge is 0.495 e. The van der Waals surface area contributed by atoms with Crippen molar-refractivity contribution in [3.05, 3.63) is 51.4 Å². The predicted octanol–water partition coefficient (Wildman–Crippen LogP) is 4.95. The summed E-state index contributed by atoms with van der Waals surface area (Å²) in [6.07, 6.45) is 6.43. The first kappa shape index (κ1) is 26.3. The monoisotopic (exact) mass is 557 g/mol. The number of hydrogen-bond donors (Lipinski definition) is 1. The molecule has 3 aromatic rings. The number of methoxy groups -OCH3 is 2. The summed E-state index contributed by atoms with van der Waals surface area (Å²) < 4.78 is 12.6. The van der Waals surface area contributed by atoms with Gasteiger partial charge in [-0.15, -0.1) is 0 Å². The Morgan fingerprint density at radius 1 is 1.16 bits per heavy atom. The van der Waals surface area contributed by atoms with Crippen LogP contribution in [0.5, 0.6) is 11.5 Å². The Bertz CT molecular complexity index is 1460. The number of halogens is 2. The minimum absolute atomic E-state index is 0.0376. The van der Waals surface area contributed by atoms with Crippen molar-refractivity contribution in [2.75, 3.05) is 39.7 Å². The fraction of sp³-hybridized carbons (Fsp3) is 0.407. The SMILES string of the molecule is C=CC(=O)N1CCC2(CC1)CC(n1c(=O)c(-c3c(Cl)c(OC)cc(OC)c3Cl)cc3cnc(NC)nc31)C2. The average molecular weight is 558 g/mol. The Balaban J connectivity index is 1.61. The van der Waals surface area contributed by atoms with Crippen molar-refractivity contribution in [3.63, 3.8) is 0 Å². The molecule has 1 aliphatic heterocycles. The van der Waals surface area contributed by atoms with E-state index in [9.17, 15) is 9.59 Å². The van der Waals surface area contributed by atoms with Crippen LogP contribution in [0.25, 0.3) is 22.2 Å². The molecule has 38 heavy (non-hydrogen) atoms. The second-order valence-corrected chi connectivity index (χ2v) is 10.6. The maximum absolute atomic E-state index is 14.2. The van der Waals surface area contributed by atoms with Crippen molar-refractivity contribution >= 4 is 46.1 Å². The number of amides is 1. The van der Waals surface area contributed by atoms with Crippen LogP contribution in [0.3, 0.4) is 0 Å². The van der Waals surface area contributed by atoms with E-state index in [2.05, 4.69) is 21.9 Å². The zero-order valence-electron chi connectivity index (χ0n) is 21.5. The Morgan fingerprint density at radius 3 is 2.34 bits per heavy atom. The molecule has 0 radical (unpaired) electrons. The number of nitrogens with one attached hydrogen (secondary N) is 1. The van der Waals surface area contributed by atoms with Gasteiger partial charge in [-0.3, -0.25) is 14.2 Å². The van der Waals surface area contributed by atoms with Gasteiger partial charge in [0.2, 0.25) is 11.9 Å². The maximum Gasteiger partial charge on any atom is 0.260 e. The third kappa shape index (κ3) is 4.27. The molecule has 1 aliphatic carbocycles. The number of nitrogens with zero attached hydrogens (tertiary/aromatic N) is 4. The number of aromatic nitrogens is 3. The van der Waals surface area contributed by atoms with E-state index in [1.54, 1.807) is 29.9 Å². The Morgan fingerprint density at radius 2 is 1.79 bits per heavy atom. The molecule has 2 aliphatic rings. The van der Waals surface area contributed by atoms with E-state index in [1.165, 1.54) is 20.3 Å². The molecule has 0 bridgehead atoms. The van der Waals surface area contributed by atoms with Gasteiger partial charge in [0.05, 0.1) is 29.8 Å². The number of carbonyl (C=O) groups is 1. The lowest BCUT2D eigenvalue weighted by atomic mass is 9.60. The van der Waals surface area contributed by atoms with Crippen LogP contribution in [0.4, 0.5) is 5.95 Å². The first-order valence-corrected chi connectivity index (χ1v) is 13.1. The van der Waals surface area contributed by atoms with Gasteiger partial charge >= 0.3 is 0 Å². The summed E-state index contributed by atoms with van der Waals surface area (Å²) in [4.78, 5) is 37.1. The van der Waals surface area contributed by atoms with Crippen molar-refractivity contribution in [1.29, 1.82) is 0 Å². The normalized spacial score (nSPS) is 16.8. The van der Waals surface area contributed by atoms with Gasteiger partial charge in [-0.05, 0) is 43.2 Å². The lowest BCUT2D eigenvalue weighted by Crippen LogP contribution is -2.50. The van der Waals surface area contributed by atoms with Crippen molar-refractivity contribution in [2.24, 2.45) is 5.41 Å². The van der Waals surface area contributed by atoms with Gasteiger partial charge in [0.1, 0.15) is 17.1 Å². The van der Waals surface area contributed by atoms with Gasteiger partial charge in [-0.2, -0.15) is 4.98 Å². The van der Waals surface area contributed by atoms with Gasteiger partial charge in [-0.25, -0.2) is 4.98 Å². The Hall–Kier alpha value is -3.30. The van der Waals surface area contributed by atoms with Crippen LogP contribution in [0.2, 0.25) is 10.0 Å². The van der Waals surface area contributed by atoms with Crippen molar-refractivity contribution in [1.82, 2.24) is 19.4 Å². The number of ether oxygens (including phenoxy) is 2. The van der Waals surface area contributed by atoms with Gasteiger partial charge in [0.25, 0.3) is 5.56 Å². The Kier molecular flexibility index (Phi) is 7.00. The fourth-order valence-electron chi connectivity index (χ4n) is 5.74. The van der Waals surface area contributed by atoms with Crippen LogP contribution in [-0.4, -0.2) is 59.7 Å². The zero-order chi connectivity index (χ0) is 27.2. The lowest BCUT2D eigenvalue weighted by Gasteiger charge is -2.52. The number of carbonyl (C=O) groups excluding carboxylic acids is 1. The van der Waals surface area contributed by atoms with Gasteiger partial charge in [0.15, 0.2) is 0 Å². The third-order valence-electron chi connectivity index (χ3n) is 7.85. The highest BCUT2D eigenvalue weighted by molar-refractivity contribution is 6.41. The first-order chi connectivity index (χ1) is 18.3. The summed E-state index contributed by atoms with van der Waals surface area (Å²) in [7, 11) is 4.72. The van der Waals surface area contributed by atoms with E-state index in [0.717, 1.165) is 25.7 Å². The fourth-order valence-corrected chi connectivity index (χ4v) is 6.45. The van der Waals surface area contributed by atoms with E-state index in [-0.39, 0.29) is 33.0 Å². The van der Waals surface area contributed by atoms with E-state index in [4.69, 9.17) is 32.7 Å². The number of anilines is 1. The summed E-state index contributed by atoms with van der Waals surface area (Å²) in [5.41, 5.74) is 1.03. The molecule has 1 amide bonds. The number of likely N-dealkylation sites (tertiary alicyclic amines) is 1. The summed E-state index contributed by atoms with van der Waals surface area (Å²) in [5, 5.41) is 4.08. The van der Waals surface area contributed by atoms with Crippen LogP contribution in [0.15, 0.2) is 35.8 Å². The van der Waals surface area contributed by atoms with Crippen molar-refractivity contribution in [3.8, 4) is 22.6 Å². The maximum atomic E-state index is 14.2. The molecule has 1 N–H and O–H groups in total. The molecule has 1 spiro atoms. The van der Waals surface area contributed by atoms with Gasteiger partial charge in [-0.1, -0.05) is 29.8 Å². The predicted molar refractivity (Wildman–Crippen MR) is 149 cm³/mol. The highest BCUT2D eigenvalue weighted by atomic mass is 35.5. The van der Waals surface area contributed by atoms with E-state index in [1.807, 2.05) is 4.90 Å². The minimum Gasteiger partial charge on any atom is -0.495 e. The van der Waals surface area contributed by atoms with Crippen LogP contribution in [-0.2, 0) is 4.79 Å². The molecule has 2 fully saturated rings. The molecule has 0 atom stereocenters. The quantitative estimate of drug-likeness (QED) is 0.428. The highest BCUT2D eigenvalue weighted by Crippen LogP contribution is 2.55. The molecule has 0 unspecified atom stereocenters. The van der Waals surface area contributed by atoms with Crippen LogP contribution in [0.1, 0.15) is 31.7 Å². The number of pyridine rings is 1. The smallest absolute Gasteiger partial charge is 0.260 e. The van der Waals surface area contributed by atoms with Crippen LogP contribution < -0.4 is 20.3 Å². The number of hydrogen-bond acceptors (Lipinski definition) is 7. The van der Waals surface area contributed by atoms with E-state index in [0.29, 0.717) is 52.7 Å². The Labute approximate surface area is 230 Å². The molecule has 200 valence electrons. The first-order valence-electron chi connectivity index (χ1n) is 12.4. The number of rotatable bonds is 6. The molecular weight excluding hydrogens is 529 g/mol. The standard InChI is InChI=1S/C27H29Cl2N5O4/c1-5-20(35)33-8-6-27(7-9-33)12-16(13-27)34-24-15(14-31-26(30-2)32-24)10-17(25(34)36)21-22(28)18(37-3)11-19(38-4)23(21)29/h5,10-11,14,16H,1,6-9,12-13H2,2-4H3,(H,30,31,32). The molecule has 9 nitrogen and oxygen atoms in total. The second kappa shape index (κ2) is 10.1. The van der Waals surface area contributed by atoms with E-state index < -0.39 is 0 Å². The number of fused-ring (bicyclic) bond motifs is 1. The van der Waals surface area contributed by atoms with Gasteiger partial charge in [0, 0.05) is 49.4 Å². The zero-order valence-corrected chi connectivity index (χ0v) is 23.0. The minimum atomic E-state index is -0.253. The molecular formula is C27H29Cl2N5O4. The highest BCUT2D eigenvalue weighted by Gasteiger charge is 2.47. The van der Waals surface area contributed by atoms with Crippen LogP contribution >= 0.6 is 23.2 Å². The topological polar surface area (TPSA) is 98.6 Å². The molecule has 1 aromatic carbocycles. The summed E-state index contributed by atoms with van der Waals surface area (Å²) in [5.74, 6) is 1.07. The number of piperidine rings is 1. The molecule has 2 aromatic heterocycles. The summed E-state index contributed by atoms with van der Waals surface area (Å²) in [6.45, 7) is 4.97. The third-order valence-corrected chi connectivity index (χ3v) is 8.60. The molecule has 1 saturated carbocycles. The molecule has 5 rings (SSSR count).